The van der Waals surface area contributed by atoms with E-state index in [1.807, 2.05) is 0 Å². The van der Waals surface area contributed by atoms with Crippen molar-refractivity contribution in [1.82, 2.24) is 5.32 Å². The van der Waals surface area contributed by atoms with Crippen molar-refractivity contribution in [1.29, 1.82) is 0 Å². The summed E-state index contributed by atoms with van der Waals surface area (Å²) in [6, 6.07) is 12.0. The third-order valence-corrected chi connectivity index (χ3v) is 3.28. The van der Waals surface area contributed by atoms with Crippen molar-refractivity contribution in [2.75, 3.05) is 7.11 Å². The lowest BCUT2D eigenvalue weighted by Gasteiger charge is -2.15. The molecule has 24 heavy (non-hydrogen) atoms. The number of methoxy groups -OCH3 is 1. The molecule has 0 aliphatic rings. The minimum Gasteiger partial charge on any atom is -0.504 e. The molecule has 0 saturated carbocycles. The number of esters is 1. The highest BCUT2D eigenvalue weighted by molar-refractivity contribution is 5.95. The normalized spacial score (nSPS) is 11.9. The van der Waals surface area contributed by atoms with Gasteiger partial charge in [-0.05, 0) is 29.3 Å². The van der Waals surface area contributed by atoms with Gasteiger partial charge in [0, 0.05) is 6.08 Å². The third kappa shape index (κ3) is 4.36. The lowest BCUT2D eigenvalue weighted by Crippen LogP contribution is -2.33. The number of phenolic OH excluding ortho intramolecular Hbond substituents is 2. The molecule has 0 aliphatic carbocycles. The Morgan fingerprint density at radius 3 is 2.42 bits per heavy atom. The zero-order valence-electron chi connectivity index (χ0n) is 13.0. The van der Waals surface area contributed by atoms with Crippen LogP contribution < -0.4 is 5.32 Å². The summed E-state index contributed by atoms with van der Waals surface area (Å²) in [4.78, 5) is 23.9. The maximum Gasteiger partial charge on any atom is 0.333 e. The van der Waals surface area contributed by atoms with E-state index < -0.39 is 17.9 Å². The van der Waals surface area contributed by atoms with Crippen LogP contribution in [-0.4, -0.2) is 29.2 Å². The number of phenols is 2. The Kier molecular flexibility index (Phi) is 5.57. The fourth-order valence-electron chi connectivity index (χ4n) is 2.05. The van der Waals surface area contributed by atoms with Crippen molar-refractivity contribution in [3.63, 3.8) is 0 Å². The monoisotopic (exact) mass is 327 g/mol. The highest BCUT2D eigenvalue weighted by Crippen LogP contribution is 2.25. The molecule has 0 aromatic heterocycles. The van der Waals surface area contributed by atoms with Crippen LogP contribution in [0, 0.1) is 0 Å². The molecule has 0 heterocycles. The van der Waals surface area contributed by atoms with Crippen LogP contribution in [0.1, 0.15) is 17.2 Å². The second-order valence-corrected chi connectivity index (χ2v) is 4.96. The molecule has 124 valence electrons. The highest BCUT2D eigenvalue weighted by Gasteiger charge is 2.22. The first kappa shape index (κ1) is 17.1. The van der Waals surface area contributed by atoms with Gasteiger partial charge in [-0.1, -0.05) is 36.4 Å². The summed E-state index contributed by atoms with van der Waals surface area (Å²) >= 11 is 0. The van der Waals surface area contributed by atoms with Gasteiger partial charge in [0.25, 0.3) is 0 Å². The first-order valence-electron chi connectivity index (χ1n) is 7.14. The molecule has 6 heteroatoms. The molecular weight excluding hydrogens is 310 g/mol. The number of amides is 1. The Morgan fingerprint density at radius 2 is 1.79 bits per heavy atom. The smallest absolute Gasteiger partial charge is 0.333 e. The molecule has 0 bridgehead atoms. The largest absolute Gasteiger partial charge is 0.504 e. The van der Waals surface area contributed by atoms with Crippen molar-refractivity contribution in [2.24, 2.45) is 0 Å². The standard InChI is InChI=1S/C18H17NO5/c1-24-18(23)17(13-5-3-2-4-6-13)19-16(22)10-8-12-7-9-14(20)15(21)11-12/h2-11,17,20-21H,1H3,(H,19,22)/b10-8+/t17-/m1/s1. The van der Waals surface area contributed by atoms with E-state index in [0.29, 0.717) is 11.1 Å². The Balaban J connectivity index is 2.11. The predicted octanol–water partition coefficient (Wildman–Crippen LogP) is 2.14. The van der Waals surface area contributed by atoms with E-state index in [-0.39, 0.29) is 11.5 Å². The summed E-state index contributed by atoms with van der Waals surface area (Å²) in [5, 5.41) is 21.2. The molecule has 1 atom stereocenters. The number of benzene rings is 2. The fraction of sp³-hybridized carbons (Fsp3) is 0.111. The number of nitrogens with one attached hydrogen (secondary N) is 1. The van der Waals surface area contributed by atoms with Crippen LogP contribution in [0.3, 0.4) is 0 Å². The average molecular weight is 327 g/mol. The molecule has 0 radical (unpaired) electrons. The van der Waals surface area contributed by atoms with E-state index in [4.69, 9.17) is 4.74 Å². The van der Waals surface area contributed by atoms with E-state index in [1.165, 1.54) is 37.5 Å². The number of carbonyl (C=O) groups is 2. The van der Waals surface area contributed by atoms with Gasteiger partial charge in [-0.2, -0.15) is 0 Å². The predicted molar refractivity (Wildman–Crippen MR) is 88.1 cm³/mol. The van der Waals surface area contributed by atoms with Crippen molar-refractivity contribution in [3.8, 4) is 11.5 Å². The van der Waals surface area contributed by atoms with Crippen LogP contribution in [0.5, 0.6) is 11.5 Å². The molecule has 6 nitrogen and oxygen atoms in total. The molecule has 0 aliphatic heterocycles. The summed E-state index contributed by atoms with van der Waals surface area (Å²) in [7, 11) is 1.25. The van der Waals surface area contributed by atoms with Gasteiger partial charge < -0.3 is 20.3 Å². The third-order valence-electron chi connectivity index (χ3n) is 3.28. The Hall–Kier alpha value is -3.28. The summed E-state index contributed by atoms with van der Waals surface area (Å²) in [6.45, 7) is 0. The fourth-order valence-corrected chi connectivity index (χ4v) is 2.05. The molecule has 3 N–H and O–H groups in total. The van der Waals surface area contributed by atoms with E-state index in [9.17, 15) is 19.8 Å². The van der Waals surface area contributed by atoms with Gasteiger partial charge in [0.1, 0.15) is 0 Å². The van der Waals surface area contributed by atoms with E-state index in [1.54, 1.807) is 30.3 Å². The number of rotatable bonds is 5. The second-order valence-electron chi connectivity index (χ2n) is 4.96. The summed E-state index contributed by atoms with van der Waals surface area (Å²) < 4.78 is 4.72. The molecule has 1 amide bonds. The second kappa shape index (κ2) is 7.82. The molecule has 0 unspecified atom stereocenters. The minimum atomic E-state index is -0.915. The van der Waals surface area contributed by atoms with Crippen LogP contribution in [0.25, 0.3) is 6.08 Å². The van der Waals surface area contributed by atoms with E-state index in [2.05, 4.69) is 5.32 Å². The van der Waals surface area contributed by atoms with Gasteiger partial charge in [-0.15, -0.1) is 0 Å². The quantitative estimate of drug-likeness (QED) is 0.444. The maximum absolute atomic E-state index is 12.1. The summed E-state index contributed by atoms with van der Waals surface area (Å²) in [5.41, 5.74) is 1.13. The Labute approximate surface area is 139 Å². The minimum absolute atomic E-state index is 0.244. The number of aromatic hydroxyl groups is 2. The van der Waals surface area contributed by atoms with Crippen LogP contribution in [0.4, 0.5) is 0 Å². The molecule has 2 rings (SSSR count). The van der Waals surface area contributed by atoms with Crippen LogP contribution in [0.15, 0.2) is 54.6 Å². The molecular formula is C18H17NO5. The van der Waals surface area contributed by atoms with Gasteiger partial charge in [0.15, 0.2) is 17.5 Å². The van der Waals surface area contributed by atoms with Crippen molar-refractivity contribution >= 4 is 18.0 Å². The number of carbonyl (C=O) groups excluding carboxylic acids is 2. The lowest BCUT2D eigenvalue weighted by atomic mass is 10.1. The van der Waals surface area contributed by atoms with Gasteiger partial charge in [0.2, 0.25) is 5.91 Å². The first-order chi connectivity index (χ1) is 11.5. The van der Waals surface area contributed by atoms with E-state index >= 15 is 0 Å². The average Bonchev–Trinajstić information content (AvgIpc) is 2.60. The molecule has 2 aromatic rings. The Morgan fingerprint density at radius 1 is 1.08 bits per heavy atom. The topological polar surface area (TPSA) is 95.9 Å². The molecule has 0 spiro atoms. The van der Waals surface area contributed by atoms with Crippen molar-refractivity contribution < 1.29 is 24.5 Å². The number of ether oxygens (including phenoxy) is 1. The van der Waals surface area contributed by atoms with Crippen LogP contribution in [-0.2, 0) is 14.3 Å². The molecule has 0 saturated heterocycles. The Bertz CT molecular complexity index is 755. The van der Waals surface area contributed by atoms with Gasteiger partial charge in [-0.25, -0.2) is 4.79 Å². The zero-order chi connectivity index (χ0) is 17.5. The zero-order valence-corrected chi connectivity index (χ0v) is 13.0. The van der Waals surface area contributed by atoms with Gasteiger partial charge in [-0.3, -0.25) is 4.79 Å². The molecule has 0 fully saturated rings. The van der Waals surface area contributed by atoms with Gasteiger partial charge in [0.05, 0.1) is 7.11 Å². The SMILES string of the molecule is COC(=O)[C@H](NC(=O)/C=C/c1ccc(O)c(O)c1)c1ccccc1. The van der Waals surface area contributed by atoms with Crippen LogP contribution in [0.2, 0.25) is 0 Å². The van der Waals surface area contributed by atoms with Crippen LogP contribution >= 0.6 is 0 Å². The maximum atomic E-state index is 12.1. The lowest BCUT2D eigenvalue weighted by molar-refractivity contribution is -0.144. The summed E-state index contributed by atoms with van der Waals surface area (Å²) in [6.07, 6.45) is 2.68. The van der Waals surface area contributed by atoms with Crippen molar-refractivity contribution in [2.45, 2.75) is 6.04 Å². The number of hydrogen-bond acceptors (Lipinski definition) is 5. The first-order valence-corrected chi connectivity index (χ1v) is 7.14. The van der Waals surface area contributed by atoms with E-state index in [0.717, 1.165) is 0 Å². The van der Waals surface area contributed by atoms with Crippen molar-refractivity contribution in [3.05, 3.63) is 65.7 Å². The number of hydrogen-bond donors (Lipinski definition) is 3. The summed E-state index contributed by atoms with van der Waals surface area (Å²) in [5.74, 6) is -1.60. The van der Waals surface area contributed by atoms with Gasteiger partial charge >= 0.3 is 5.97 Å². The highest BCUT2D eigenvalue weighted by atomic mass is 16.5. The molecule has 2 aromatic carbocycles.